The van der Waals surface area contributed by atoms with Crippen LogP contribution in [0.5, 0.6) is 0 Å². The molecule has 3 rings (SSSR count). The van der Waals surface area contributed by atoms with Crippen LogP contribution in [-0.2, 0) is 15.8 Å². The fourth-order valence-corrected chi connectivity index (χ4v) is 3.50. The molecule has 2 heterocycles. The maximum absolute atomic E-state index is 13.1. The van der Waals surface area contributed by atoms with Crippen LogP contribution in [0.15, 0.2) is 61.2 Å². The number of rotatable bonds is 8. The number of hydrogen-bond donors (Lipinski definition) is 2. The van der Waals surface area contributed by atoms with Crippen LogP contribution in [0.2, 0.25) is 0 Å². The van der Waals surface area contributed by atoms with E-state index >= 15 is 0 Å². The van der Waals surface area contributed by atoms with Crippen molar-refractivity contribution >= 4 is 15.8 Å². The van der Waals surface area contributed by atoms with Crippen LogP contribution in [0.4, 0.5) is 10.2 Å². The Morgan fingerprint density at radius 2 is 1.85 bits per heavy atom. The molecule has 1 aromatic carbocycles. The molecule has 2 N–H and O–H groups in total. The van der Waals surface area contributed by atoms with Gasteiger partial charge in [-0.05, 0) is 29.8 Å². The minimum absolute atomic E-state index is 0.181. The van der Waals surface area contributed by atoms with Crippen molar-refractivity contribution in [2.75, 3.05) is 18.4 Å². The van der Waals surface area contributed by atoms with Crippen molar-refractivity contribution < 1.29 is 12.8 Å². The largest absolute Gasteiger partial charge is 0.369 e. The van der Waals surface area contributed by atoms with Gasteiger partial charge >= 0.3 is 0 Å². The highest BCUT2D eigenvalue weighted by molar-refractivity contribution is 7.88. The van der Waals surface area contributed by atoms with Gasteiger partial charge in [0.05, 0.1) is 5.75 Å². The lowest BCUT2D eigenvalue weighted by atomic mass is 10.2. The number of sulfonamides is 1. The third-order valence-electron chi connectivity index (χ3n) is 3.52. The lowest BCUT2D eigenvalue weighted by molar-refractivity contribution is 0.581. The molecule has 0 saturated carbocycles. The summed E-state index contributed by atoms with van der Waals surface area (Å²) in [7, 11) is -3.54. The van der Waals surface area contributed by atoms with Crippen LogP contribution in [0.1, 0.15) is 5.56 Å². The van der Waals surface area contributed by atoms with Crippen molar-refractivity contribution in [3.63, 3.8) is 0 Å². The molecule has 0 unspecified atom stereocenters. The highest BCUT2D eigenvalue weighted by Gasteiger charge is 2.11. The second-order valence-electron chi connectivity index (χ2n) is 5.56. The van der Waals surface area contributed by atoms with Crippen LogP contribution in [0.3, 0.4) is 0 Å². The predicted molar refractivity (Wildman–Crippen MR) is 96.9 cm³/mol. The smallest absolute Gasteiger partial charge is 0.215 e. The van der Waals surface area contributed by atoms with E-state index in [1.54, 1.807) is 12.1 Å². The van der Waals surface area contributed by atoms with Crippen LogP contribution >= 0.6 is 0 Å². The van der Waals surface area contributed by atoms with Gasteiger partial charge in [0.2, 0.25) is 10.0 Å². The average molecular weight is 375 g/mol. The molecule has 0 aliphatic carbocycles. The maximum atomic E-state index is 13.1. The summed E-state index contributed by atoms with van der Waals surface area (Å²) in [5, 5.41) is 3.04. The monoisotopic (exact) mass is 375 g/mol. The third-order valence-corrected chi connectivity index (χ3v) is 4.88. The highest BCUT2D eigenvalue weighted by Crippen LogP contribution is 2.09. The van der Waals surface area contributed by atoms with Gasteiger partial charge in [-0.3, -0.25) is 0 Å². The molecule has 136 valence electrons. The summed E-state index contributed by atoms with van der Waals surface area (Å²) >= 11 is 0. The third kappa shape index (κ3) is 5.11. The summed E-state index contributed by atoms with van der Waals surface area (Å²) < 4.78 is 41.5. The Bertz CT molecular complexity index is 961. The molecular formula is C17H18FN5O2S. The molecule has 3 aromatic rings. The van der Waals surface area contributed by atoms with Crippen molar-refractivity contribution in [2.24, 2.45) is 0 Å². The van der Waals surface area contributed by atoms with E-state index in [1.165, 1.54) is 24.5 Å². The number of hydrogen-bond acceptors (Lipinski definition) is 5. The molecule has 0 bridgehead atoms. The van der Waals surface area contributed by atoms with Crippen LogP contribution in [-0.4, -0.2) is 36.0 Å². The molecule has 0 amide bonds. The fourth-order valence-electron chi connectivity index (χ4n) is 2.37. The van der Waals surface area contributed by atoms with E-state index in [-0.39, 0.29) is 12.3 Å². The van der Waals surface area contributed by atoms with E-state index in [1.807, 2.05) is 29.1 Å². The van der Waals surface area contributed by atoms with Gasteiger partial charge in [-0.2, -0.15) is 0 Å². The quantitative estimate of drug-likeness (QED) is 0.588. The summed E-state index contributed by atoms with van der Waals surface area (Å²) in [6.07, 6.45) is 5.17. The van der Waals surface area contributed by atoms with Crippen molar-refractivity contribution in [2.45, 2.75) is 5.75 Å². The van der Waals surface area contributed by atoms with E-state index in [0.717, 1.165) is 0 Å². The summed E-state index contributed by atoms with van der Waals surface area (Å²) in [6, 6.07) is 11.1. The average Bonchev–Trinajstić information content (AvgIpc) is 3.13. The zero-order valence-corrected chi connectivity index (χ0v) is 14.7. The topological polar surface area (TPSA) is 88.9 Å². The van der Waals surface area contributed by atoms with Gasteiger partial charge in [0, 0.05) is 31.5 Å². The fraction of sp³-hybridized carbons (Fsp3) is 0.176. The molecule has 7 nitrogen and oxygen atoms in total. The first kappa shape index (κ1) is 18.0. The van der Waals surface area contributed by atoms with E-state index in [2.05, 4.69) is 20.0 Å². The first-order valence-electron chi connectivity index (χ1n) is 7.93. The second kappa shape index (κ2) is 8.07. The van der Waals surface area contributed by atoms with Crippen LogP contribution < -0.4 is 10.0 Å². The van der Waals surface area contributed by atoms with Gasteiger partial charge in [-0.1, -0.05) is 12.1 Å². The SMILES string of the molecule is O=S(=O)(Cc1cccc(F)c1)NCCNc1cc(-n2cccc2)ncn1. The summed E-state index contributed by atoms with van der Waals surface area (Å²) in [4.78, 5) is 8.28. The van der Waals surface area contributed by atoms with E-state index in [0.29, 0.717) is 23.7 Å². The maximum Gasteiger partial charge on any atom is 0.215 e. The van der Waals surface area contributed by atoms with Crippen LogP contribution in [0, 0.1) is 5.82 Å². The number of anilines is 1. The standard InChI is InChI=1S/C17H18FN5O2S/c18-15-5-3-4-14(10-15)12-26(24,25)22-7-6-19-16-11-17(21-13-20-16)23-8-1-2-9-23/h1-5,8-11,13,22H,6-7,12H2,(H,19,20,21). The van der Waals surface area contributed by atoms with E-state index < -0.39 is 15.8 Å². The lowest BCUT2D eigenvalue weighted by Crippen LogP contribution is -2.30. The number of nitrogens with one attached hydrogen (secondary N) is 2. The van der Waals surface area contributed by atoms with Gasteiger partial charge in [-0.25, -0.2) is 27.5 Å². The molecule has 2 aromatic heterocycles. The van der Waals surface area contributed by atoms with Gasteiger partial charge in [-0.15, -0.1) is 0 Å². The molecule has 0 atom stereocenters. The number of aromatic nitrogens is 3. The van der Waals surface area contributed by atoms with Gasteiger partial charge in [0.25, 0.3) is 0 Å². The summed E-state index contributed by atoms with van der Waals surface area (Å²) in [5.74, 6) is 0.574. The summed E-state index contributed by atoms with van der Waals surface area (Å²) in [5.41, 5.74) is 0.401. The van der Waals surface area contributed by atoms with Crippen LogP contribution in [0.25, 0.3) is 5.82 Å². The Morgan fingerprint density at radius 3 is 2.62 bits per heavy atom. The first-order chi connectivity index (χ1) is 12.5. The van der Waals surface area contributed by atoms with Gasteiger partial charge < -0.3 is 9.88 Å². The molecular weight excluding hydrogens is 357 g/mol. The number of nitrogens with zero attached hydrogens (tertiary/aromatic N) is 3. The highest BCUT2D eigenvalue weighted by atomic mass is 32.2. The normalized spacial score (nSPS) is 11.4. The Hall–Kier alpha value is -2.78. The Morgan fingerprint density at radius 1 is 1.04 bits per heavy atom. The van der Waals surface area contributed by atoms with E-state index in [4.69, 9.17) is 0 Å². The molecule has 0 saturated heterocycles. The zero-order chi connectivity index (χ0) is 18.4. The lowest BCUT2D eigenvalue weighted by Gasteiger charge is -2.09. The molecule has 0 radical (unpaired) electrons. The minimum atomic E-state index is -3.54. The van der Waals surface area contributed by atoms with Crippen molar-refractivity contribution in [3.8, 4) is 5.82 Å². The first-order valence-corrected chi connectivity index (χ1v) is 9.58. The molecule has 0 spiro atoms. The van der Waals surface area contributed by atoms with Gasteiger partial charge in [0.1, 0.15) is 23.8 Å². The van der Waals surface area contributed by atoms with E-state index in [9.17, 15) is 12.8 Å². The molecule has 0 aliphatic heterocycles. The predicted octanol–water partition coefficient (Wildman–Crippen LogP) is 1.94. The minimum Gasteiger partial charge on any atom is -0.369 e. The molecule has 0 aliphatic rings. The zero-order valence-electron chi connectivity index (χ0n) is 13.8. The van der Waals surface area contributed by atoms with Gasteiger partial charge in [0.15, 0.2) is 0 Å². The van der Waals surface area contributed by atoms with Crippen molar-refractivity contribution in [3.05, 3.63) is 72.6 Å². The second-order valence-corrected chi connectivity index (χ2v) is 7.37. The molecule has 0 fully saturated rings. The van der Waals surface area contributed by atoms with Crippen molar-refractivity contribution in [1.82, 2.24) is 19.3 Å². The number of benzene rings is 1. The Kier molecular flexibility index (Phi) is 5.59. The summed E-state index contributed by atoms with van der Waals surface area (Å²) in [6.45, 7) is 0.533. The Labute approximate surface area is 151 Å². The van der Waals surface area contributed by atoms with Crippen molar-refractivity contribution in [1.29, 1.82) is 0 Å². The molecule has 26 heavy (non-hydrogen) atoms. The Balaban J connectivity index is 1.50. The molecule has 9 heteroatoms. The number of halogens is 1.